The molecule has 2 rings (SSSR count). The van der Waals surface area contributed by atoms with Gasteiger partial charge in [-0.2, -0.15) is 4.68 Å². The highest BCUT2D eigenvalue weighted by molar-refractivity contribution is 5.88. The van der Waals surface area contributed by atoms with E-state index in [2.05, 4.69) is 22.6 Å². The van der Waals surface area contributed by atoms with Gasteiger partial charge in [-0.1, -0.05) is 44.2 Å². The van der Waals surface area contributed by atoms with Gasteiger partial charge >= 0.3 is 6.03 Å². The van der Waals surface area contributed by atoms with E-state index in [1.807, 2.05) is 26.0 Å². The van der Waals surface area contributed by atoms with Crippen molar-refractivity contribution in [2.45, 2.75) is 59.3 Å². The van der Waals surface area contributed by atoms with E-state index in [0.29, 0.717) is 6.54 Å². The number of nitrogens with zero attached hydrogens (tertiary/aromatic N) is 3. The Morgan fingerprint density at radius 2 is 1.77 bits per heavy atom. The molecular weight excluding hydrogens is 276 g/mol. The normalized spacial score (nSPS) is 11.0. The van der Waals surface area contributed by atoms with Crippen LogP contribution in [0.4, 0.5) is 4.79 Å². The van der Waals surface area contributed by atoms with E-state index >= 15 is 0 Å². The maximum Gasteiger partial charge on any atom is 0.344 e. The van der Waals surface area contributed by atoms with Crippen molar-refractivity contribution in [3.63, 3.8) is 0 Å². The molecule has 1 aromatic heterocycles. The number of fused-ring (bicyclic) bond motifs is 1. The highest BCUT2D eigenvalue weighted by Crippen LogP contribution is 2.16. The average molecular weight is 302 g/mol. The molecule has 1 heterocycles. The highest BCUT2D eigenvalue weighted by atomic mass is 16.2. The van der Waals surface area contributed by atoms with Crippen molar-refractivity contribution < 1.29 is 4.79 Å². The fourth-order valence-corrected chi connectivity index (χ4v) is 2.50. The average Bonchev–Trinajstić information content (AvgIpc) is 2.89. The first-order valence-electron chi connectivity index (χ1n) is 8.24. The van der Waals surface area contributed by atoms with Gasteiger partial charge in [0.1, 0.15) is 5.52 Å². The number of hydrogen-bond acceptors (Lipinski definition) is 3. The predicted molar refractivity (Wildman–Crippen MR) is 89.2 cm³/mol. The Bertz CT molecular complexity index is 633. The van der Waals surface area contributed by atoms with Crippen molar-refractivity contribution in [2.24, 2.45) is 0 Å². The summed E-state index contributed by atoms with van der Waals surface area (Å²) in [5.41, 5.74) is 3.83. The lowest BCUT2D eigenvalue weighted by Gasteiger charge is -2.06. The van der Waals surface area contributed by atoms with Crippen LogP contribution in [0.5, 0.6) is 0 Å². The van der Waals surface area contributed by atoms with Crippen LogP contribution in [0.1, 0.15) is 56.6 Å². The number of aromatic nitrogens is 3. The van der Waals surface area contributed by atoms with Crippen LogP contribution in [0, 0.1) is 13.8 Å². The van der Waals surface area contributed by atoms with Crippen molar-refractivity contribution in [3.8, 4) is 0 Å². The van der Waals surface area contributed by atoms with Crippen molar-refractivity contribution in [3.05, 3.63) is 23.3 Å². The highest BCUT2D eigenvalue weighted by Gasteiger charge is 2.12. The molecule has 0 spiro atoms. The van der Waals surface area contributed by atoms with E-state index < -0.39 is 0 Å². The molecule has 0 fully saturated rings. The summed E-state index contributed by atoms with van der Waals surface area (Å²) in [6.07, 6.45) is 7.27. The first-order chi connectivity index (χ1) is 10.6. The second kappa shape index (κ2) is 7.92. The SMILES string of the molecule is CCCCCCCCNC(=O)n1nnc2cc(C)c(C)cc21. The number of nitrogens with one attached hydrogen (secondary N) is 1. The Morgan fingerprint density at radius 3 is 2.55 bits per heavy atom. The van der Waals surface area contributed by atoms with Crippen molar-refractivity contribution in [1.82, 2.24) is 20.3 Å². The molecule has 22 heavy (non-hydrogen) atoms. The monoisotopic (exact) mass is 302 g/mol. The molecule has 1 amide bonds. The molecule has 1 N–H and O–H groups in total. The molecule has 2 aromatic rings. The topological polar surface area (TPSA) is 59.8 Å². The molecule has 0 aliphatic heterocycles. The van der Waals surface area contributed by atoms with E-state index in [1.54, 1.807) is 0 Å². The zero-order valence-corrected chi connectivity index (χ0v) is 13.9. The number of benzene rings is 1. The third-order valence-electron chi connectivity index (χ3n) is 4.06. The van der Waals surface area contributed by atoms with Crippen LogP contribution in [0.2, 0.25) is 0 Å². The fourth-order valence-electron chi connectivity index (χ4n) is 2.50. The molecule has 120 valence electrons. The number of aryl methyl sites for hydroxylation is 2. The van der Waals surface area contributed by atoms with Gasteiger partial charge in [0.05, 0.1) is 5.52 Å². The lowest BCUT2D eigenvalue weighted by atomic mass is 10.1. The molecule has 5 nitrogen and oxygen atoms in total. The minimum Gasteiger partial charge on any atom is -0.336 e. The third kappa shape index (κ3) is 4.06. The van der Waals surface area contributed by atoms with Crippen molar-refractivity contribution in [1.29, 1.82) is 0 Å². The molecule has 0 aliphatic rings. The van der Waals surface area contributed by atoms with Gasteiger partial charge in [0.15, 0.2) is 0 Å². The number of carbonyl (C=O) groups is 1. The number of rotatable bonds is 7. The quantitative estimate of drug-likeness (QED) is 0.787. The van der Waals surface area contributed by atoms with E-state index in [-0.39, 0.29) is 6.03 Å². The first kappa shape index (κ1) is 16.5. The second-order valence-corrected chi connectivity index (χ2v) is 5.93. The lowest BCUT2D eigenvalue weighted by Crippen LogP contribution is -2.30. The smallest absolute Gasteiger partial charge is 0.336 e. The number of unbranched alkanes of at least 4 members (excludes halogenated alkanes) is 5. The maximum atomic E-state index is 12.2. The summed E-state index contributed by atoms with van der Waals surface area (Å²) in [7, 11) is 0. The molecule has 5 heteroatoms. The van der Waals surface area contributed by atoms with Gasteiger partial charge in [0.2, 0.25) is 0 Å². The van der Waals surface area contributed by atoms with E-state index in [4.69, 9.17) is 0 Å². The van der Waals surface area contributed by atoms with E-state index in [9.17, 15) is 4.79 Å². The minimum atomic E-state index is -0.195. The molecule has 0 radical (unpaired) electrons. The van der Waals surface area contributed by atoms with Gasteiger partial charge in [-0.05, 0) is 43.5 Å². The Hall–Kier alpha value is -1.91. The van der Waals surface area contributed by atoms with Gasteiger partial charge in [-0.25, -0.2) is 4.79 Å². The van der Waals surface area contributed by atoms with Gasteiger partial charge < -0.3 is 5.32 Å². The van der Waals surface area contributed by atoms with Crippen LogP contribution < -0.4 is 5.32 Å². The Balaban J connectivity index is 1.87. The summed E-state index contributed by atoms with van der Waals surface area (Å²) < 4.78 is 1.36. The van der Waals surface area contributed by atoms with Crippen molar-refractivity contribution >= 4 is 17.1 Å². The summed E-state index contributed by atoms with van der Waals surface area (Å²) in [4.78, 5) is 12.2. The van der Waals surface area contributed by atoms with Gasteiger partial charge in [0, 0.05) is 6.54 Å². The Labute approximate surface area is 132 Å². The number of hydrogen-bond donors (Lipinski definition) is 1. The molecule has 0 bridgehead atoms. The van der Waals surface area contributed by atoms with Crippen molar-refractivity contribution in [2.75, 3.05) is 6.54 Å². The summed E-state index contributed by atoms with van der Waals surface area (Å²) in [6, 6.07) is 3.74. The standard InChI is InChI=1S/C17H26N4O/c1-4-5-6-7-8-9-10-18-17(22)21-16-12-14(3)13(2)11-15(16)19-20-21/h11-12H,4-10H2,1-3H3,(H,18,22). The van der Waals surface area contributed by atoms with E-state index in [1.165, 1.54) is 30.4 Å². The summed E-state index contributed by atoms with van der Waals surface area (Å²) in [5, 5.41) is 11.0. The summed E-state index contributed by atoms with van der Waals surface area (Å²) in [5.74, 6) is 0. The van der Waals surface area contributed by atoms with Crippen LogP contribution in [0.15, 0.2) is 12.1 Å². The Kier molecular flexibility index (Phi) is 5.92. The first-order valence-corrected chi connectivity index (χ1v) is 8.24. The molecule has 0 saturated heterocycles. The second-order valence-electron chi connectivity index (χ2n) is 5.93. The molecular formula is C17H26N4O. The van der Waals surface area contributed by atoms with Gasteiger partial charge in [-0.15, -0.1) is 5.10 Å². The molecule has 0 aliphatic carbocycles. The van der Waals surface area contributed by atoms with Crippen LogP contribution in [-0.2, 0) is 0 Å². The largest absolute Gasteiger partial charge is 0.344 e. The van der Waals surface area contributed by atoms with Crippen LogP contribution in [0.3, 0.4) is 0 Å². The molecule has 0 saturated carbocycles. The molecule has 0 atom stereocenters. The van der Waals surface area contributed by atoms with Crippen LogP contribution in [0.25, 0.3) is 11.0 Å². The fraction of sp³-hybridized carbons (Fsp3) is 0.588. The summed E-state index contributed by atoms with van der Waals surface area (Å²) >= 11 is 0. The van der Waals surface area contributed by atoms with Gasteiger partial charge in [0.25, 0.3) is 0 Å². The molecule has 1 aromatic carbocycles. The van der Waals surface area contributed by atoms with E-state index in [0.717, 1.165) is 35.0 Å². The van der Waals surface area contributed by atoms with Crippen LogP contribution in [-0.4, -0.2) is 27.6 Å². The van der Waals surface area contributed by atoms with Crippen LogP contribution >= 0.6 is 0 Å². The Morgan fingerprint density at radius 1 is 1.09 bits per heavy atom. The van der Waals surface area contributed by atoms with Gasteiger partial charge in [-0.3, -0.25) is 0 Å². The third-order valence-corrected chi connectivity index (χ3v) is 4.06. The molecule has 0 unspecified atom stereocenters. The lowest BCUT2D eigenvalue weighted by molar-refractivity contribution is 0.239. The minimum absolute atomic E-state index is 0.195. The summed E-state index contributed by atoms with van der Waals surface area (Å²) in [6.45, 7) is 6.97. The zero-order chi connectivity index (χ0) is 15.9. The zero-order valence-electron chi connectivity index (χ0n) is 13.9. The number of amides is 1. The maximum absolute atomic E-state index is 12.2. The number of carbonyl (C=O) groups excluding carboxylic acids is 1. The predicted octanol–water partition coefficient (Wildman–Crippen LogP) is 3.97.